The number of amides is 1. The third kappa shape index (κ3) is 5.04. The van der Waals surface area contributed by atoms with Gasteiger partial charge in [0.15, 0.2) is 11.5 Å². The number of methoxy groups -OCH3 is 3. The molecule has 1 aromatic carbocycles. The Morgan fingerprint density at radius 3 is 2.23 bits per heavy atom. The minimum Gasteiger partial charge on any atom is -0.493 e. The van der Waals surface area contributed by atoms with E-state index in [0.717, 1.165) is 57.5 Å². The van der Waals surface area contributed by atoms with Gasteiger partial charge >= 0.3 is 0 Å². The van der Waals surface area contributed by atoms with E-state index in [-0.39, 0.29) is 0 Å². The van der Waals surface area contributed by atoms with Gasteiger partial charge in [-0.05, 0) is 12.5 Å². The molecule has 1 heterocycles. The molecule has 1 amide bonds. The van der Waals surface area contributed by atoms with Gasteiger partial charge in [0.2, 0.25) is 11.7 Å². The number of unbranched alkanes of at least 4 members (excludes halogenated alkanes) is 2. The van der Waals surface area contributed by atoms with E-state index in [4.69, 9.17) is 14.2 Å². The average molecular weight is 364 g/mol. The Morgan fingerprint density at radius 1 is 0.962 bits per heavy atom. The molecule has 1 fully saturated rings. The van der Waals surface area contributed by atoms with Crippen molar-refractivity contribution in [3.63, 3.8) is 0 Å². The quantitative estimate of drug-likeness (QED) is 0.631. The number of rotatable bonds is 9. The van der Waals surface area contributed by atoms with Gasteiger partial charge in [-0.1, -0.05) is 25.8 Å². The van der Waals surface area contributed by atoms with Crippen molar-refractivity contribution in [3.8, 4) is 17.2 Å². The number of piperazine rings is 1. The van der Waals surface area contributed by atoms with Gasteiger partial charge < -0.3 is 19.1 Å². The molecule has 146 valence electrons. The third-order valence-electron chi connectivity index (χ3n) is 4.90. The maximum Gasteiger partial charge on any atom is 0.222 e. The summed E-state index contributed by atoms with van der Waals surface area (Å²) in [7, 11) is 4.88. The number of hydrogen-bond donors (Lipinski definition) is 0. The van der Waals surface area contributed by atoms with Crippen molar-refractivity contribution in [1.82, 2.24) is 9.80 Å². The van der Waals surface area contributed by atoms with Crippen LogP contribution in [-0.4, -0.2) is 63.2 Å². The molecule has 0 spiro atoms. The highest BCUT2D eigenvalue weighted by Crippen LogP contribution is 2.40. The number of ether oxygens (including phenoxy) is 3. The zero-order valence-electron chi connectivity index (χ0n) is 16.5. The highest BCUT2D eigenvalue weighted by molar-refractivity contribution is 5.76. The molecule has 0 radical (unpaired) electrons. The predicted octanol–water partition coefficient (Wildman–Crippen LogP) is 2.94. The number of carbonyl (C=O) groups is 1. The first-order valence-electron chi connectivity index (χ1n) is 9.42. The van der Waals surface area contributed by atoms with Gasteiger partial charge in [0.1, 0.15) is 0 Å². The molecular weight excluding hydrogens is 332 g/mol. The van der Waals surface area contributed by atoms with Gasteiger partial charge in [0, 0.05) is 44.7 Å². The van der Waals surface area contributed by atoms with Gasteiger partial charge in [-0.15, -0.1) is 0 Å². The fourth-order valence-electron chi connectivity index (χ4n) is 3.37. The van der Waals surface area contributed by atoms with Crippen molar-refractivity contribution in [2.75, 3.05) is 47.5 Å². The van der Waals surface area contributed by atoms with Crippen LogP contribution in [0.2, 0.25) is 0 Å². The van der Waals surface area contributed by atoms with Crippen molar-refractivity contribution in [3.05, 3.63) is 17.7 Å². The summed E-state index contributed by atoms with van der Waals surface area (Å²) in [5, 5.41) is 0. The van der Waals surface area contributed by atoms with Crippen LogP contribution >= 0.6 is 0 Å². The van der Waals surface area contributed by atoms with E-state index >= 15 is 0 Å². The lowest BCUT2D eigenvalue weighted by Gasteiger charge is -2.35. The first kappa shape index (κ1) is 20.4. The summed E-state index contributed by atoms with van der Waals surface area (Å²) >= 11 is 0. The number of benzene rings is 1. The molecule has 1 aromatic rings. The number of hydrogen-bond acceptors (Lipinski definition) is 5. The van der Waals surface area contributed by atoms with Gasteiger partial charge in [-0.25, -0.2) is 0 Å². The van der Waals surface area contributed by atoms with Crippen LogP contribution in [0.3, 0.4) is 0 Å². The molecule has 0 N–H and O–H groups in total. The maximum atomic E-state index is 12.2. The predicted molar refractivity (Wildman–Crippen MR) is 102 cm³/mol. The molecule has 6 nitrogen and oxygen atoms in total. The van der Waals surface area contributed by atoms with Gasteiger partial charge in [-0.3, -0.25) is 9.69 Å². The van der Waals surface area contributed by atoms with Crippen molar-refractivity contribution in [2.45, 2.75) is 39.2 Å². The second-order valence-corrected chi connectivity index (χ2v) is 6.61. The van der Waals surface area contributed by atoms with Crippen molar-refractivity contribution >= 4 is 5.91 Å². The Bertz CT molecular complexity index is 583. The van der Waals surface area contributed by atoms with Gasteiger partial charge in [0.25, 0.3) is 0 Å². The normalized spacial score (nSPS) is 15.0. The first-order valence-corrected chi connectivity index (χ1v) is 9.42. The summed E-state index contributed by atoms with van der Waals surface area (Å²) < 4.78 is 16.4. The SMILES string of the molecule is CCCCCC(=O)N1CCN(Cc2ccc(OC)c(OC)c2OC)CC1. The Morgan fingerprint density at radius 2 is 1.65 bits per heavy atom. The maximum absolute atomic E-state index is 12.2. The van der Waals surface area contributed by atoms with E-state index < -0.39 is 0 Å². The molecule has 0 bridgehead atoms. The van der Waals surface area contributed by atoms with Gasteiger partial charge in [0.05, 0.1) is 21.3 Å². The van der Waals surface area contributed by atoms with E-state index in [1.54, 1.807) is 21.3 Å². The summed E-state index contributed by atoms with van der Waals surface area (Å²) in [5.41, 5.74) is 1.06. The highest BCUT2D eigenvalue weighted by atomic mass is 16.5. The molecule has 1 saturated heterocycles. The highest BCUT2D eigenvalue weighted by Gasteiger charge is 2.23. The van der Waals surface area contributed by atoms with E-state index in [0.29, 0.717) is 29.6 Å². The van der Waals surface area contributed by atoms with Crippen LogP contribution in [0.25, 0.3) is 0 Å². The van der Waals surface area contributed by atoms with Crippen LogP contribution < -0.4 is 14.2 Å². The monoisotopic (exact) mass is 364 g/mol. The molecule has 0 aromatic heterocycles. The molecule has 26 heavy (non-hydrogen) atoms. The molecule has 0 atom stereocenters. The van der Waals surface area contributed by atoms with Crippen LogP contribution in [0.4, 0.5) is 0 Å². The van der Waals surface area contributed by atoms with Crippen LogP contribution in [0.1, 0.15) is 38.2 Å². The molecule has 2 rings (SSSR count). The lowest BCUT2D eigenvalue weighted by atomic mass is 10.1. The lowest BCUT2D eigenvalue weighted by Crippen LogP contribution is -2.48. The zero-order chi connectivity index (χ0) is 18.9. The molecule has 6 heteroatoms. The molecule has 1 aliphatic rings. The fraction of sp³-hybridized carbons (Fsp3) is 0.650. The standard InChI is InChI=1S/C20H32N2O4/c1-5-6-7-8-18(23)22-13-11-21(12-14-22)15-16-9-10-17(24-2)20(26-4)19(16)25-3/h9-10H,5-8,11-15H2,1-4H3. The average Bonchev–Trinajstić information content (AvgIpc) is 2.68. The third-order valence-corrected chi connectivity index (χ3v) is 4.90. The fourth-order valence-corrected chi connectivity index (χ4v) is 3.37. The topological polar surface area (TPSA) is 51.2 Å². The molecule has 0 aliphatic carbocycles. The van der Waals surface area contributed by atoms with Gasteiger partial charge in [-0.2, -0.15) is 0 Å². The van der Waals surface area contributed by atoms with Crippen LogP contribution in [-0.2, 0) is 11.3 Å². The minimum atomic E-state index is 0.293. The Hall–Kier alpha value is -1.95. The van der Waals surface area contributed by atoms with Crippen molar-refractivity contribution in [2.24, 2.45) is 0 Å². The van der Waals surface area contributed by atoms with Crippen molar-refractivity contribution in [1.29, 1.82) is 0 Å². The second-order valence-electron chi connectivity index (χ2n) is 6.61. The first-order chi connectivity index (χ1) is 12.6. The summed E-state index contributed by atoms with van der Waals surface area (Å²) in [4.78, 5) is 16.6. The Labute approximate surface area is 157 Å². The number of carbonyl (C=O) groups excluding carboxylic acids is 1. The second kappa shape index (κ2) is 10.3. The molecule has 0 saturated carbocycles. The molecule has 1 aliphatic heterocycles. The van der Waals surface area contributed by atoms with E-state index in [1.807, 2.05) is 17.0 Å². The Balaban J connectivity index is 1.94. The smallest absolute Gasteiger partial charge is 0.222 e. The summed E-state index contributed by atoms with van der Waals surface area (Å²) in [5.74, 6) is 2.29. The minimum absolute atomic E-state index is 0.293. The van der Waals surface area contributed by atoms with E-state index in [1.165, 1.54) is 0 Å². The summed E-state index contributed by atoms with van der Waals surface area (Å²) in [6.07, 6.45) is 3.95. The largest absolute Gasteiger partial charge is 0.493 e. The van der Waals surface area contributed by atoms with E-state index in [2.05, 4.69) is 11.8 Å². The molecular formula is C20H32N2O4. The Kier molecular flexibility index (Phi) is 8.04. The van der Waals surface area contributed by atoms with Crippen LogP contribution in [0.15, 0.2) is 12.1 Å². The lowest BCUT2D eigenvalue weighted by molar-refractivity contribution is -0.133. The van der Waals surface area contributed by atoms with Crippen LogP contribution in [0.5, 0.6) is 17.2 Å². The number of nitrogens with zero attached hydrogens (tertiary/aromatic N) is 2. The zero-order valence-corrected chi connectivity index (χ0v) is 16.5. The molecule has 0 unspecified atom stereocenters. The van der Waals surface area contributed by atoms with E-state index in [9.17, 15) is 4.79 Å². The van der Waals surface area contributed by atoms with Crippen molar-refractivity contribution < 1.29 is 19.0 Å². The summed E-state index contributed by atoms with van der Waals surface area (Å²) in [6.45, 7) is 6.25. The summed E-state index contributed by atoms with van der Waals surface area (Å²) in [6, 6.07) is 3.92. The van der Waals surface area contributed by atoms with Crippen LogP contribution in [0, 0.1) is 0 Å².